The van der Waals surface area contributed by atoms with Crippen LogP contribution in [0.1, 0.15) is 5.69 Å². The van der Waals surface area contributed by atoms with Crippen LogP contribution < -0.4 is 19.7 Å². The van der Waals surface area contributed by atoms with Crippen molar-refractivity contribution in [1.82, 2.24) is 15.2 Å². The molecule has 146 valence electrons. The van der Waals surface area contributed by atoms with Gasteiger partial charge in [-0.1, -0.05) is 11.6 Å². The standard InChI is InChI=1S/C18H17ClFN5O3/c1-27-16-6-4-13(9-21-16)25(10-12-8-17(28-2)24-23-12)18(26)22-11-3-5-15(20)14(19)7-11/h3-9H,10H2,1-2H3,(H,22,26)(H,23,24). The first-order valence-electron chi connectivity index (χ1n) is 8.12. The highest BCUT2D eigenvalue weighted by Crippen LogP contribution is 2.23. The highest BCUT2D eigenvalue weighted by molar-refractivity contribution is 6.31. The normalized spacial score (nSPS) is 10.4. The van der Waals surface area contributed by atoms with Gasteiger partial charge in [0.05, 0.1) is 43.4 Å². The van der Waals surface area contributed by atoms with E-state index < -0.39 is 11.8 Å². The first-order chi connectivity index (χ1) is 13.5. The molecule has 0 radical (unpaired) electrons. The van der Waals surface area contributed by atoms with Crippen molar-refractivity contribution in [3.8, 4) is 11.8 Å². The Morgan fingerprint density at radius 3 is 2.61 bits per heavy atom. The number of aromatic nitrogens is 3. The molecule has 0 bridgehead atoms. The average Bonchev–Trinajstić information content (AvgIpc) is 3.17. The third kappa shape index (κ3) is 4.49. The second-order valence-corrected chi connectivity index (χ2v) is 6.05. The number of rotatable bonds is 6. The summed E-state index contributed by atoms with van der Waals surface area (Å²) in [7, 11) is 3.00. The Morgan fingerprint density at radius 2 is 2.00 bits per heavy atom. The summed E-state index contributed by atoms with van der Waals surface area (Å²) < 4.78 is 23.5. The second-order valence-electron chi connectivity index (χ2n) is 5.64. The summed E-state index contributed by atoms with van der Waals surface area (Å²) >= 11 is 5.78. The topological polar surface area (TPSA) is 92.4 Å². The zero-order valence-electron chi connectivity index (χ0n) is 15.1. The third-order valence-electron chi connectivity index (χ3n) is 3.80. The molecule has 0 spiro atoms. The number of H-pyrrole nitrogens is 1. The van der Waals surface area contributed by atoms with Crippen molar-refractivity contribution >= 4 is 29.0 Å². The summed E-state index contributed by atoms with van der Waals surface area (Å²) in [5.41, 5.74) is 1.50. The number of benzene rings is 1. The van der Waals surface area contributed by atoms with Gasteiger partial charge in [-0.2, -0.15) is 0 Å². The molecule has 2 heterocycles. The van der Waals surface area contributed by atoms with Gasteiger partial charge in [-0.05, 0) is 24.3 Å². The van der Waals surface area contributed by atoms with Crippen molar-refractivity contribution in [3.05, 3.63) is 59.1 Å². The first kappa shape index (κ1) is 19.4. The fourth-order valence-electron chi connectivity index (χ4n) is 2.39. The molecule has 2 aromatic heterocycles. The smallest absolute Gasteiger partial charge is 0.326 e. The summed E-state index contributed by atoms with van der Waals surface area (Å²) in [6, 6.07) is 8.46. The molecule has 1 aromatic carbocycles. The summed E-state index contributed by atoms with van der Waals surface area (Å²) in [6.45, 7) is 0.158. The molecule has 0 aliphatic heterocycles. The van der Waals surface area contributed by atoms with Crippen LogP contribution in [0.2, 0.25) is 5.02 Å². The fraction of sp³-hybridized carbons (Fsp3) is 0.167. The lowest BCUT2D eigenvalue weighted by atomic mass is 10.3. The van der Waals surface area contributed by atoms with Gasteiger partial charge in [-0.15, -0.1) is 5.10 Å². The van der Waals surface area contributed by atoms with E-state index in [1.807, 2.05) is 0 Å². The van der Waals surface area contributed by atoms with Crippen molar-refractivity contribution in [2.45, 2.75) is 6.54 Å². The van der Waals surface area contributed by atoms with Gasteiger partial charge in [-0.25, -0.2) is 14.2 Å². The molecule has 8 nitrogen and oxygen atoms in total. The molecule has 28 heavy (non-hydrogen) atoms. The van der Waals surface area contributed by atoms with Crippen molar-refractivity contribution in [2.75, 3.05) is 24.4 Å². The van der Waals surface area contributed by atoms with Crippen LogP contribution in [0.25, 0.3) is 0 Å². The van der Waals surface area contributed by atoms with Gasteiger partial charge in [0, 0.05) is 17.8 Å². The molecular weight excluding hydrogens is 389 g/mol. The van der Waals surface area contributed by atoms with Gasteiger partial charge in [0.15, 0.2) is 0 Å². The number of carbonyl (C=O) groups excluding carboxylic acids is 1. The quantitative estimate of drug-likeness (QED) is 0.649. The number of pyridine rings is 1. The van der Waals surface area contributed by atoms with Gasteiger partial charge in [0.2, 0.25) is 11.8 Å². The Kier molecular flexibility index (Phi) is 5.95. The van der Waals surface area contributed by atoms with Gasteiger partial charge < -0.3 is 14.8 Å². The fourth-order valence-corrected chi connectivity index (χ4v) is 2.58. The Morgan fingerprint density at radius 1 is 1.21 bits per heavy atom. The zero-order chi connectivity index (χ0) is 20.1. The number of nitrogens with zero attached hydrogens (tertiary/aromatic N) is 3. The molecule has 3 aromatic rings. The lowest BCUT2D eigenvalue weighted by Crippen LogP contribution is -2.34. The SMILES string of the molecule is COc1ccc(N(Cc2cc(OC)n[nH]2)C(=O)Nc2ccc(F)c(Cl)c2)cn1. The van der Waals surface area contributed by atoms with Crippen LogP contribution in [0, 0.1) is 5.82 Å². The third-order valence-corrected chi connectivity index (χ3v) is 4.09. The molecule has 2 amide bonds. The van der Waals surface area contributed by atoms with E-state index in [0.717, 1.165) is 0 Å². The summed E-state index contributed by atoms with van der Waals surface area (Å²) in [5.74, 6) is 0.242. The Bertz CT molecular complexity index is 964. The molecule has 0 fully saturated rings. The molecule has 0 aliphatic rings. The number of aromatic amines is 1. The minimum absolute atomic E-state index is 0.0891. The lowest BCUT2D eigenvalue weighted by molar-refractivity contribution is 0.256. The summed E-state index contributed by atoms with van der Waals surface area (Å²) in [5, 5.41) is 9.38. The van der Waals surface area contributed by atoms with Crippen LogP contribution >= 0.6 is 11.6 Å². The molecule has 0 unspecified atom stereocenters. The number of nitrogens with one attached hydrogen (secondary N) is 2. The molecular formula is C18H17ClFN5O3. The van der Waals surface area contributed by atoms with Crippen molar-refractivity contribution < 1.29 is 18.7 Å². The number of anilines is 2. The number of hydrogen-bond acceptors (Lipinski definition) is 5. The van der Waals surface area contributed by atoms with E-state index in [-0.39, 0.29) is 11.6 Å². The van der Waals surface area contributed by atoms with Crippen LogP contribution in [-0.2, 0) is 6.54 Å². The van der Waals surface area contributed by atoms with Crippen LogP contribution in [0.15, 0.2) is 42.6 Å². The van der Waals surface area contributed by atoms with Crippen molar-refractivity contribution in [3.63, 3.8) is 0 Å². The predicted octanol–water partition coefficient (Wildman–Crippen LogP) is 3.85. The minimum atomic E-state index is -0.569. The summed E-state index contributed by atoms with van der Waals surface area (Å²) in [6.07, 6.45) is 1.50. The molecule has 0 saturated carbocycles. The predicted molar refractivity (Wildman–Crippen MR) is 103 cm³/mol. The molecule has 0 atom stereocenters. The van der Waals surface area contributed by atoms with E-state index in [2.05, 4.69) is 20.5 Å². The monoisotopic (exact) mass is 405 g/mol. The maximum absolute atomic E-state index is 13.4. The van der Waals surface area contributed by atoms with Gasteiger partial charge >= 0.3 is 6.03 Å². The van der Waals surface area contributed by atoms with Crippen LogP contribution in [0.3, 0.4) is 0 Å². The number of urea groups is 1. The first-order valence-corrected chi connectivity index (χ1v) is 8.50. The second kappa shape index (κ2) is 8.57. The molecule has 3 rings (SSSR count). The number of ether oxygens (including phenoxy) is 2. The summed E-state index contributed by atoms with van der Waals surface area (Å²) in [4.78, 5) is 18.5. The molecule has 10 heteroatoms. The average molecular weight is 406 g/mol. The van der Waals surface area contributed by atoms with Gasteiger partial charge in [0.25, 0.3) is 0 Å². The van der Waals surface area contributed by atoms with Gasteiger partial charge in [-0.3, -0.25) is 10.00 Å². The van der Waals surface area contributed by atoms with Crippen LogP contribution in [0.4, 0.5) is 20.6 Å². The number of halogens is 2. The lowest BCUT2D eigenvalue weighted by Gasteiger charge is -2.22. The van der Waals surface area contributed by atoms with E-state index in [0.29, 0.717) is 28.8 Å². The maximum atomic E-state index is 13.4. The number of hydrogen-bond donors (Lipinski definition) is 2. The Balaban J connectivity index is 1.86. The van der Waals surface area contributed by atoms with E-state index >= 15 is 0 Å². The zero-order valence-corrected chi connectivity index (χ0v) is 15.8. The van der Waals surface area contributed by atoms with Crippen LogP contribution in [-0.4, -0.2) is 35.4 Å². The van der Waals surface area contributed by atoms with E-state index in [1.54, 1.807) is 18.2 Å². The molecule has 2 N–H and O–H groups in total. The van der Waals surface area contributed by atoms with Crippen LogP contribution in [0.5, 0.6) is 11.8 Å². The molecule has 0 aliphatic carbocycles. The Labute approximate surface area is 165 Å². The highest BCUT2D eigenvalue weighted by atomic mass is 35.5. The minimum Gasteiger partial charge on any atom is -0.481 e. The number of methoxy groups -OCH3 is 2. The van der Waals surface area contributed by atoms with E-state index in [9.17, 15) is 9.18 Å². The largest absolute Gasteiger partial charge is 0.481 e. The van der Waals surface area contributed by atoms with E-state index in [4.69, 9.17) is 21.1 Å². The maximum Gasteiger partial charge on any atom is 0.326 e. The Hall–Kier alpha value is -3.33. The highest BCUT2D eigenvalue weighted by Gasteiger charge is 2.19. The van der Waals surface area contributed by atoms with Crippen molar-refractivity contribution in [2.24, 2.45) is 0 Å². The van der Waals surface area contributed by atoms with E-state index in [1.165, 1.54) is 43.5 Å². The number of carbonyl (C=O) groups is 1. The van der Waals surface area contributed by atoms with Crippen molar-refractivity contribution in [1.29, 1.82) is 0 Å². The van der Waals surface area contributed by atoms with Gasteiger partial charge in [0.1, 0.15) is 5.82 Å². The molecule has 0 saturated heterocycles. The number of amides is 2.